The number of Topliss-reactive ketones (excluding diaryl/α,β-unsaturated/α-hetero) is 1. The molecule has 0 bridgehead atoms. The number of nitrogens with one attached hydrogen (secondary N) is 1. The lowest BCUT2D eigenvalue weighted by Crippen LogP contribution is -2.11. The maximum atomic E-state index is 12.0. The summed E-state index contributed by atoms with van der Waals surface area (Å²) >= 11 is 0. The molecule has 1 aliphatic rings. The first-order chi connectivity index (χ1) is 8.49. The summed E-state index contributed by atoms with van der Waals surface area (Å²) in [7, 11) is 0. The lowest BCUT2D eigenvalue weighted by molar-refractivity contribution is 0.0976. The summed E-state index contributed by atoms with van der Waals surface area (Å²) in [6, 6.07) is 3.93. The predicted molar refractivity (Wildman–Crippen MR) is 68.9 cm³/mol. The first-order valence-electron chi connectivity index (χ1n) is 5.76. The molecule has 4 nitrogen and oxygen atoms in total. The molecule has 1 heterocycles. The lowest BCUT2D eigenvalue weighted by Gasteiger charge is -2.11. The Hall–Kier alpha value is -2.23. The van der Waals surface area contributed by atoms with Gasteiger partial charge in [0.25, 0.3) is 0 Å². The van der Waals surface area contributed by atoms with Crippen molar-refractivity contribution in [3.05, 3.63) is 40.3 Å². The Labute approximate surface area is 104 Å². The molecule has 0 amide bonds. The number of hydrogen-bond acceptors (Lipinski definition) is 3. The number of carbonyl (C=O) groups excluding carboxylic acids is 1. The first kappa shape index (κ1) is 10.9. The van der Waals surface area contributed by atoms with Crippen molar-refractivity contribution in [1.82, 2.24) is 4.98 Å². The molecule has 0 radical (unpaired) electrons. The molecule has 1 aliphatic carbocycles. The normalized spacial score (nSPS) is 15.3. The highest BCUT2D eigenvalue weighted by Crippen LogP contribution is 2.35. The van der Waals surface area contributed by atoms with Gasteiger partial charge in [-0.05, 0) is 25.5 Å². The molecule has 0 spiro atoms. The van der Waals surface area contributed by atoms with Gasteiger partial charge in [-0.25, -0.2) is 0 Å². The van der Waals surface area contributed by atoms with E-state index < -0.39 is 0 Å². The number of aryl methyl sites for hydroxylation is 2. The van der Waals surface area contributed by atoms with Crippen LogP contribution in [0, 0.1) is 13.8 Å². The number of allylic oxidation sites excluding steroid dienone is 1. The fourth-order valence-corrected chi connectivity index (χ4v) is 2.59. The number of aromatic amines is 1. The van der Waals surface area contributed by atoms with Crippen LogP contribution >= 0.6 is 0 Å². The Kier molecular flexibility index (Phi) is 2.05. The van der Waals surface area contributed by atoms with Crippen LogP contribution in [0.15, 0.2) is 17.9 Å². The molecule has 0 unspecified atom stereocenters. The van der Waals surface area contributed by atoms with Gasteiger partial charge in [-0.2, -0.15) is 0 Å². The van der Waals surface area contributed by atoms with Crippen LogP contribution in [0.1, 0.15) is 33.6 Å². The molecule has 0 aliphatic heterocycles. The van der Waals surface area contributed by atoms with Gasteiger partial charge < -0.3 is 15.2 Å². The highest BCUT2D eigenvalue weighted by atomic mass is 16.3. The predicted octanol–water partition coefficient (Wildman–Crippen LogP) is 3.16. The van der Waals surface area contributed by atoms with Crippen molar-refractivity contribution in [1.29, 1.82) is 0 Å². The van der Waals surface area contributed by atoms with Gasteiger partial charge in [0.05, 0.1) is 17.7 Å². The molecule has 0 atom stereocenters. The zero-order valence-electron chi connectivity index (χ0n) is 10.2. The summed E-state index contributed by atoms with van der Waals surface area (Å²) in [5.74, 6) is -0.664. The third-order valence-electron chi connectivity index (χ3n) is 3.37. The second-order valence-corrected chi connectivity index (χ2v) is 4.77. The first-order valence-corrected chi connectivity index (χ1v) is 5.76. The third-order valence-corrected chi connectivity index (χ3v) is 3.37. The van der Waals surface area contributed by atoms with Crippen LogP contribution in [-0.4, -0.2) is 21.0 Å². The van der Waals surface area contributed by atoms with E-state index in [-0.39, 0.29) is 23.7 Å². The molecular formula is C14H13NO3. The molecule has 3 N–H and O–H groups in total. The van der Waals surface area contributed by atoms with Crippen LogP contribution in [0.3, 0.4) is 0 Å². The van der Waals surface area contributed by atoms with Crippen molar-refractivity contribution in [2.45, 2.75) is 20.3 Å². The zero-order valence-corrected chi connectivity index (χ0v) is 10.2. The summed E-state index contributed by atoms with van der Waals surface area (Å²) in [4.78, 5) is 15.0. The van der Waals surface area contributed by atoms with Gasteiger partial charge in [0.2, 0.25) is 0 Å². The van der Waals surface area contributed by atoms with Gasteiger partial charge >= 0.3 is 0 Å². The van der Waals surface area contributed by atoms with Gasteiger partial charge in [0.1, 0.15) is 5.76 Å². The molecule has 1 aromatic heterocycles. The molecule has 18 heavy (non-hydrogen) atoms. The molecule has 4 heteroatoms. The Morgan fingerprint density at radius 3 is 2.67 bits per heavy atom. The molecular weight excluding hydrogens is 230 g/mol. The van der Waals surface area contributed by atoms with E-state index in [0.29, 0.717) is 11.3 Å². The highest BCUT2D eigenvalue weighted by Gasteiger charge is 2.29. The van der Waals surface area contributed by atoms with Gasteiger partial charge in [-0.3, -0.25) is 4.79 Å². The van der Waals surface area contributed by atoms with E-state index in [4.69, 9.17) is 0 Å². The Balaban J connectivity index is 2.47. The van der Waals surface area contributed by atoms with Gasteiger partial charge in [0, 0.05) is 10.9 Å². The Morgan fingerprint density at radius 1 is 1.22 bits per heavy atom. The molecule has 0 saturated heterocycles. The Morgan fingerprint density at radius 2 is 1.94 bits per heavy atom. The van der Waals surface area contributed by atoms with E-state index in [2.05, 4.69) is 4.98 Å². The molecule has 1 aromatic carbocycles. The Bertz CT molecular complexity index is 722. The summed E-state index contributed by atoms with van der Waals surface area (Å²) in [5.41, 5.74) is 3.71. The zero-order chi connectivity index (χ0) is 13.0. The van der Waals surface area contributed by atoms with Crippen molar-refractivity contribution in [2.24, 2.45) is 0 Å². The van der Waals surface area contributed by atoms with Crippen molar-refractivity contribution >= 4 is 22.4 Å². The molecule has 0 fully saturated rings. The number of benzene rings is 1. The van der Waals surface area contributed by atoms with Gasteiger partial charge in [0.15, 0.2) is 11.5 Å². The number of carbonyl (C=O) groups is 1. The maximum absolute atomic E-state index is 12.0. The average Bonchev–Trinajstić information content (AvgIpc) is 2.66. The van der Waals surface area contributed by atoms with E-state index in [9.17, 15) is 15.0 Å². The number of aromatic nitrogens is 1. The number of aliphatic hydroxyl groups excluding tert-OH is 2. The van der Waals surface area contributed by atoms with E-state index >= 15 is 0 Å². The molecule has 3 rings (SSSR count). The summed E-state index contributed by atoms with van der Waals surface area (Å²) in [6.07, 6.45) is -0.140. The minimum atomic E-state index is -0.270. The second-order valence-electron chi connectivity index (χ2n) is 4.77. The topological polar surface area (TPSA) is 73.3 Å². The smallest absolute Gasteiger partial charge is 0.178 e. The van der Waals surface area contributed by atoms with Crippen LogP contribution in [0.2, 0.25) is 0 Å². The number of hydrogen-bond donors (Lipinski definition) is 3. The van der Waals surface area contributed by atoms with E-state index in [1.54, 1.807) is 0 Å². The monoisotopic (exact) mass is 243 g/mol. The van der Waals surface area contributed by atoms with Crippen LogP contribution in [0.5, 0.6) is 0 Å². The van der Waals surface area contributed by atoms with Crippen LogP contribution in [-0.2, 0) is 0 Å². The number of ketones is 1. The molecule has 2 aromatic rings. The quantitative estimate of drug-likeness (QED) is 0.665. The number of fused-ring (bicyclic) bond motifs is 3. The van der Waals surface area contributed by atoms with E-state index in [1.165, 1.54) is 0 Å². The van der Waals surface area contributed by atoms with Crippen molar-refractivity contribution in [3.8, 4) is 0 Å². The SMILES string of the molecule is Cc1cc(C)c2[nH]c3c(c2c1)C(=O)CC(O)=C3O. The van der Waals surface area contributed by atoms with E-state index in [1.807, 2.05) is 26.0 Å². The summed E-state index contributed by atoms with van der Waals surface area (Å²) in [5, 5.41) is 20.2. The van der Waals surface area contributed by atoms with Gasteiger partial charge in [-0.1, -0.05) is 11.6 Å². The lowest BCUT2D eigenvalue weighted by atomic mass is 9.95. The minimum absolute atomic E-state index is 0.140. The minimum Gasteiger partial charge on any atom is -0.508 e. The number of aliphatic hydroxyl groups is 2. The molecule has 0 saturated carbocycles. The van der Waals surface area contributed by atoms with Crippen molar-refractivity contribution in [3.63, 3.8) is 0 Å². The second kappa shape index (κ2) is 3.38. The standard InChI is InChI=1S/C14H13NO3/c1-6-3-7(2)12-8(4-6)11-9(16)5-10(17)14(18)13(11)15-12/h3-4,15,17-18H,5H2,1-2H3. The fraction of sp³-hybridized carbons (Fsp3) is 0.214. The van der Waals surface area contributed by atoms with Gasteiger partial charge in [-0.15, -0.1) is 0 Å². The van der Waals surface area contributed by atoms with Crippen LogP contribution in [0.25, 0.3) is 16.7 Å². The summed E-state index contributed by atoms with van der Waals surface area (Å²) < 4.78 is 0. The largest absolute Gasteiger partial charge is 0.508 e. The average molecular weight is 243 g/mol. The number of H-pyrrole nitrogens is 1. The van der Waals surface area contributed by atoms with Crippen LogP contribution < -0.4 is 0 Å². The molecule has 92 valence electrons. The van der Waals surface area contributed by atoms with E-state index in [0.717, 1.165) is 22.0 Å². The maximum Gasteiger partial charge on any atom is 0.178 e. The third kappa shape index (κ3) is 1.29. The summed E-state index contributed by atoms with van der Waals surface area (Å²) in [6.45, 7) is 3.91. The van der Waals surface area contributed by atoms with Crippen molar-refractivity contribution in [2.75, 3.05) is 0 Å². The van der Waals surface area contributed by atoms with Crippen LogP contribution in [0.4, 0.5) is 0 Å². The highest BCUT2D eigenvalue weighted by molar-refractivity contribution is 6.14. The number of rotatable bonds is 0. The van der Waals surface area contributed by atoms with Crippen molar-refractivity contribution < 1.29 is 15.0 Å². The fourth-order valence-electron chi connectivity index (χ4n) is 2.59.